The average molecular weight is 415 g/mol. The normalized spacial score (nSPS) is 33.5. The molecule has 0 unspecified atom stereocenters. The Morgan fingerprint density at radius 1 is 1.00 bits per heavy atom. The highest BCUT2D eigenvalue weighted by molar-refractivity contribution is 9.10. The van der Waals surface area contributed by atoms with Gasteiger partial charge in [-0.3, -0.25) is 0 Å². The minimum absolute atomic E-state index is 0.607. The molecule has 0 radical (unpaired) electrons. The summed E-state index contributed by atoms with van der Waals surface area (Å²) in [4.78, 5) is 0. The van der Waals surface area contributed by atoms with E-state index in [-0.39, 0.29) is 0 Å². The van der Waals surface area contributed by atoms with Crippen LogP contribution < -0.4 is 5.32 Å². The Bertz CT molecular complexity index is 742. The molecule has 1 heterocycles. The van der Waals surface area contributed by atoms with Gasteiger partial charge in [-0.2, -0.15) is 0 Å². The van der Waals surface area contributed by atoms with E-state index in [1.807, 2.05) is 0 Å². The zero-order valence-corrected chi connectivity index (χ0v) is 17.2. The molecule has 4 saturated carbocycles. The van der Waals surface area contributed by atoms with Crippen LogP contribution in [0.5, 0.6) is 0 Å². The monoisotopic (exact) mass is 414 g/mol. The Labute approximate surface area is 164 Å². The van der Waals surface area contributed by atoms with Gasteiger partial charge in [0.25, 0.3) is 0 Å². The smallest absolute Gasteiger partial charge is 0.158 e. The third kappa shape index (κ3) is 3.07. The van der Waals surface area contributed by atoms with Crippen molar-refractivity contribution < 1.29 is 9.73 Å². The summed E-state index contributed by atoms with van der Waals surface area (Å²) in [6, 6.07) is 13.3. The van der Waals surface area contributed by atoms with Gasteiger partial charge in [0.2, 0.25) is 0 Å². The fourth-order valence-electron chi connectivity index (χ4n) is 6.54. The molecule has 4 aliphatic carbocycles. The van der Waals surface area contributed by atoms with Gasteiger partial charge < -0.3 is 9.73 Å². The molecule has 26 heavy (non-hydrogen) atoms. The standard InChI is InChI=1S/C23H28BrNO/c1-15(23-11-16-8-17(12-23)10-18(9-16)13-23)25-14-21-6-7-22(26-21)19-2-4-20(24)5-3-19/h2-7,15-18,25H,8-14H2,1H3/p+1/t15-,16?,17?,18?,23?/m1/s1. The van der Waals surface area contributed by atoms with Gasteiger partial charge in [-0.1, -0.05) is 28.1 Å². The lowest BCUT2D eigenvalue weighted by molar-refractivity contribution is -0.718. The van der Waals surface area contributed by atoms with Gasteiger partial charge in [-0.15, -0.1) is 0 Å². The van der Waals surface area contributed by atoms with E-state index in [2.05, 4.69) is 64.6 Å². The van der Waals surface area contributed by atoms with Crippen molar-refractivity contribution in [3.63, 3.8) is 0 Å². The van der Waals surface area contributed by atoms with Gasteiger partial charge in [0.15, 0.2) is 5.76 Å². The average Bonchev–Trinajstić information content (AvgIpc) is 3.08. The van der Waals surface area contributed by atoms with E-state index in [1.54, 1.807) is 0 Å². The van der Waals surface area contributed by atoms with Crippen LogP contribution in [-0.2, 0) is 6.54 Å². The molecular weight excluding hydrogens is 386 g/mol. The molecule has 4 bridgehead atoms. The molecule has 0 amide bonds. The number of nitrogens with two attached hydrogens (primary N) is 1. The SMILES string of the molecule is C[C@@H]([NH2+]Cc1ccc(-c2ccc(Br)cc2)o1)C12CC3CC(CC(C3)C1)C2. The van der Waals surface area contributed by atoms with Crippen molar-refractivity contribution in [1.29, 1.82) is 0 Å². The predicted octanol–water partition coefficient (Wildman–Crippen LogP) is 5.38. The number of quaternary nitrogens is 1. The molecule has 1 aromatic heterocycles. The van der Waals surface area contributed by atoms with E-state index in [0.717, 1.165) is 45.9 Å². The molecule has 0 saturated heterocycles. The molecule has 1 atom stereocenters. The van der Waals surface area contributed by atoms with Crippen molar-refractivity contribution in [2.24, 2.45) is 23.2 Å². The lowest BCUT2D eigenvalue weighted by atomic mass is 9.48. The van der Waals surface area contributed by atoms with Crippen LogP contribution in [0, 0.1) is 23.2 Å². The maximum atomic E-state index is 6.13. The van der Waals surface area contributed by atoms with Crippen LogP contribution in [0.4, 0.5) is 0 Å². The second-order valence-electron chi connectivity index (χ2n) is 9.28. The highest BCUT2D eigenvalue weighted by Crippen LogP contribution is 2.60. The Morgan fingerprint density at radius 3 is 2.23 bits per heavy atom. The number of furan rings is 1. The van der Waals surface area contributed by atoms with Crippen LogP contribution in [0.1, 0.15) is 51.2 Å². The van der Waals surface area contributed by atoms with Crippen molar-refractivity contribution in [3.8, 4) is 11.3 Å². The first kappa shape index (κ1) is 17.1. The van der Waals surface area contributed by atoms with Crippen molar-refractivity contribution in [1.82, 2.24) is 0 Å². The topological polar surface area (TPSA) is 29.8 Å². The molecule has 6 rings (SSSR count). The van der Waals surface area contributed by atoms with Gasteiger partial charge in [0, 0.05) is 15.5 Å². The predicted molar refractivity (Wildman–Crippen MR) is 108 cm³/mol. The van der Waals surface area contributed by atoms with Gasteiger partial charge in [0.05, 0.1) is 6.04 Å². The molecule has 2 aromatic rings. The summed E-state index contributed by atoms with van der Waals surface area (Å²) in [5.74, 6) is 5.17. The maximum absolute atomic E-state index is 6.13. The lowest BCUT2D eigenvalue weighted by Gasteiger charge is -2.57. The summed E-state index contributed by atoms with van der Waals surface area (Å²) in [6.07, 6.45) is 9.04. The van der Waals surface area contributed by atoms with Crippen molar-refractivity contribution in [2.45, 2.75) is 58.0 Å². The molecule has 2 nitrogen and oxygen atoms in total. The van der Waals surface area contributed by atoms with Crippen LogP contribution >= 0.6 is 15.9 Å². The molecule has 0 aliphatic heterocycles. The number of benzene rings is 1. The first-order valence-corrected chi connectivity index (χ1v) is 11.1. The summed E-state index contributed by atoms with van der Waals surface area (Å²) in [5, 5.41) is 2.55. The zero-order valence-electron chi connectivity index (χ0n) is 15.6. The quantitative estimate of drug-likeness (QED) is 0.699. The van der Waals surface area contributed by atoms with E-state index < -0.39 is 0 Å². The van der Waals surface area contributed by atoms with Crippen LogP contribution in [0.2, 0.25) is 0 Å². The van der Waals surface area contributed by atoms with Crippen molar-refractivity contribution >= 4 is 15.9 Å². The second-order valence-corrected chi connectivity index (χ2v) is 10.2. The van der Waals surface area contributed by atoms with Crippen LogP contribution in [0.15, 0.2) is 45.3 Å². The van der Waals surface area contributed by atoms with Crippen LogP contribution in [0.25, 0.3) is 11.3 Å². The zero-order chi connectivity index (χ0) is 17.7. The molecular formula is C23H29BrNO+. The number of rotatable bonds is 5. The van der Waals surface area contributed by atoms with Crippen molar-refractivity contribution in [2.75, 3.05) is 0 Å². The number of halogens is 1. The number of hydrogen-bond donors (Lipinski definition) is 1. The fourth-order valence-corrected chi connectivity index (χ4v) is 6.80. The Balaban J connectivity index is 1.25. The van der Waals surface area contributed by atoms with Gasteiger partial charge in [-0.25, -0.2) is 0 Å². The Hall–Kier alpha value is -1.06. The van der Waals surface area contributed by atoms with E-state index >= 15 is 0 Å². The van der Waals surface area contributed by atoms with Crippen LogP contribution in [0.3, 0.4) is 0 Å². The van der Waals surface area contributed by atoms with E-state index in [0.29, 0.717) is 11.5 Å². The molecule has 0 spiro atoms. The first-order chi connectivity index (χ1) is 12.6. The van der Waals surface area contributed by atoms with Crippen molar-refractivity contribution in [3.05, 3.63) is 46.6 Å². The molecule has 4 fully saturated rings. The third-order valence-corrected chi connectivity index (χ3v) is 8.04. The highest BCUT2D eigenvalue weighted by Gasteiger charge is 2.54. The largest absolute Gasteiger partial charge is 0.455 e. The van der Waals surface area contributed by atoms with E-state index in [9.17, 15) is 0 Å². The third-order valence-electron chi connectivity index (χ3n) is 7.51. The summed E-state index contributed by atoms with van der Waals surface area (Å²) in [6.45, 7) is 3.44. The summed E-state index contributed by atoms with van der Waals surface area (Å²) in [5.41, 5.74) is 1.75. The molecule has 3 heteroatoms. The minimum atomic E-state index is 0.607. The summed E-state index contributed by atoms with van der Waals surface area (Å²) < 4.78 is 7.23. The molecule has 2 N–H and O–H groups in total. The fraction of sp³-hybridized carbons (Fsp3) is 0.565. The first-order valence-electron chi connectivity index (χ1n) is 10.3. The van der Waals surface area contributed by atoms with Gasteiger partial charge in [-0.05, 0) is 87.5 Å². The minimum Gasteiger partial charge on any atom is -0.455 e. The lowest BCUT2D eigenvalue weighted by Crippen LogP contribution is -2.91. The Morgan fingerprint density at radius 2 is 1.62 bits per heavy atom. The van der Waals surface area contributed by atoms with E-state index in [1.165, 1.54) is 38.5 Å². The van der Waals surface area contributed by atoms with Gasteiger partial charge >= 0.3 is 0 Å². The van der Waals surface area contributed by atoms with Crippen LogP contribution in [-0.4, -0.2) is 6.04 Å². The summed E-state index contributed by atoms with van der Waals surface area (Å²) in [7, 11) is 0. The molecule has 4 aliphatic rings. The summed E-state index contributed by atoms with van der Waals surface area (Å²) >= 11 is 3.49. The van der Waals surface area contributed by atoms with E-state index in [4.69, 9.17) is 4.42 Å². The highest BCUT2D eigenvalue weighted by atomic mass is 79.9. The maximum Gasteiger partial charge on any atom is 0.158 e. The van der Waals surface area contributed by atoms with Gasteiger partial charge in [0.1, 0.15) is 12.3 Å². The molecule has 1 aromatic carbocycles. The number of hydrogen-bond acceptors (Lipinski definition) is 1. The second kappa shape index (κ2) is 6.53. The Kier molecular flexibility index (Phi) is 4.28. The molecule has 138 valence electrons.